The summed E-state index contributed by atoms with van der Waals surface area (Å²) in [6.45, 7) is 1.75. The van der Waals surface area contributed by atoms with Crippen LogP contribution in [0.25, 0.3) is 34.2 Å². The van der Waals surface area contributed by atoms with E-state index in [0.717, 1.165) is 5.56 Å². The van der Waals surface area contributed by atoms with Crippen molar-refractivity contribution in [2.24, 2.45) is 0 Å². The zero-order valence-electron chi connectivity index (χ0n) is 17.9. The highest BCUT2D eigenvalue weighted by atomic mass is 35.5. The minimum atomic E-state index is -0.526. The molecule has 4 aromatic heterocycles. The molecule has 5 aromatic rings. The van der Waals surface area contributed by atoms with Crippen molar-refractivity contribution in [1.82, 2.24) is 20.2 Å². The van der Waals surface area contributed by atoms with Crippen LogP contribution < -0.4 is 5.32 Å². The second-order valence-electron chi connectivity index (χ2n) is 7.16. The summed E-state index contributed by atoms with van der Waals surface area (Å²) in [7, 11) is 0. The molecule has 0 aliphatic heterocycles. The van der Waals surface area contributed by atoms with E-state index in [1.165, 1.54) is 23.1 Å². The largest absolute Gasteiger partial charge is 0.463 e. The van der Waals surface area contributed by atoms with Gasteiger partial charge in [-0.2, -0.15) is 0 Å². The van der Waals surface area contributed by atoms with Gasteiger partial charge in [-0.25, -0.2) is 9.97 Å². The molecule has 0 aliphatic carbocycles. The molecule has 0 saturated heterocycles. The Morgan fingerprint density at radius 3 is 2.46 bits per heavy atom. The number of nitrogens with zero attached hydrogens (tertiary/aromatic N) is 4. The standard InChI is InChI=1S/C23H15Cl2N5O3S2/c1-12(21(31)28-22-26-16(11-34-22)14-7-6-13(24)10-15(14)25)35-23-27-19(17-4-2-8-32-17)20(29-30-23)18-5-3-9-33-18/h2-12H,1H3,(H,26,28,31). The second kappa shape index (κ2) is 10.2. The lowest BCUT2D eigenvalue weighted by atomic mass is 10.2. The van der Waals surface area contributed by atoms with Gasteiger partial charge in [-0.3, -0.25) is 4.79 Å². The van der Waals surface area contributed by atoms with Crippen molar-refractivity contribution in [2.75, 3.05) is 5.32 Å². The smallest absolute Gasteiger partial charge is 0.239 e. The number of aromatic nitrogens is 4. The average molecular weight is 544 g/mol. The fourth-order valence-corrected chi connectivity index (χ4v) is 5.03. The van der Waals surface area contributed by atoms with Gasteiger partial charge in [-0.05, 0) is 49.4 Å². The highest BCUT2D eigenvalue weighted by molar-refractivity contribution is 8.00. The number of halogens is 2. The molecule has 0 saturated carbocycles. The molecule has 0 fully saturated rings. The van der Waals surface area contributed by atoms with Gasteiger partial charge in [0.2, 0.25) is 11.1 Å². The molecule has 1 aromatic carbocycles. The van der Waals surface area contributed by atoms with E-state index < -0.39 is 5.25 Å². The molecule has 0 spiro atoms. The fourth-order valence-electron chi connectivity index (χ4n) is 3.10. The SMILES string of the molecule is CC(Sc1nnc(-c2ccco2)c(-c2ccco2)n1)C(=O)Nc1nc(-c2ccc(Cl)cc2Cl)cs1. The predicted octanol–water partition coefficient (Wildman–Crippen LogP) is 6.94. The Hall–Kier alpha value is -3.18. The van der Waals surface area contributed by atoms with Gasteiger partial charge < -0.3 is 14.2 Å². The number of anilines is 1. The molecular weight excluding hydrogens is 529 g/mol. The summed E-state index contributed by atoms with van der Waals surface area (Å²) >= 11 is 14.7. The lowest BCUT2D eigenvalue weighted by Crippen LogP contribution is -2.22. The van der Waals surface area contributed by atoms with E-state index in [0.29, 0.717) is 48.9 Å². The number of nitrogens with one attached hydrogen (secondary N) is 1. The first kappa shape index (κ1) is 23.6. The van der Waals surface area contributed by atoms with Crippen LogP contribution in [0.1, 0.15) is 6.92 Å². The topological polar surface area (TPSA) is 107 Å². The van der Waals surface area contributed by atoms with Crippen LogP contribution in [0.2, 0.25) is 10.0 Å². The summed E-state index contributed by atoms with van der Waals surface area (Å²) in [6, 6.07) is 12.2. The molecule has 5 rings (SSSR count). The van der Waals surface area contributed by atoms with Crippen molar-refractivity contribution in [1.29, 1.82) is 0 Å². The Morgan fingerprint density at radius 2 is 1.77 bits per heavy atom. The zero-order chi connectivity index (χ0) is 24.4. The Balaban J connectivity index is 1.31. The number of rotatable bonds is 7. The van der Waals surface area contributed by atoms with Crippen LogP contribution >= 0.6 is 46.3 Å². The summed E-state index contributed by atoms with van der Waals surface area (Å²) < 4.78 is 11.0. The lowest BCUT2D eigenvalue weighted by Gasteiger charge is -2.10. The Morgan fingerprint density at radius 1 is 1.03 bits per heavy atom. The highest BCUT2D eigenvalue weighted by Crippen LogP contribution is 2.34. The van der Waals surface area contributed by atoms with E-state index in [1.54, 1.807) is 61.9 Å². The normalized spacial score (nSPS) is 12.0. The molecule has 0 radical (unpaired) electrons. The summed E-state index contributed by atoms with van der Waals surface area (Å²) in [5.41, 5.74) is 2.30. The van der Waals surface area contributed by atoms with E-state index in [9.17, 15) is 4.79 Å². The van der Waals surface area contributed by atoms with Crippen LogP contribution in [-0.2, 0) is 4.79 Å². The van der Waals surface area contributed by atoms with Crippen LogP contribution in [0.5, 0.6) is 0 Å². The summed E-state index contributed by atoms with van der Waals surface area (Å²) in [5.74, 6) is 0.775. The number of carbonyl (C=O) groups excluding carboxylic acids is 1. The summed E-state index contributed by atoms with van der Waals surface area (Å²) in [5, 5.41) is 14.4. The molecule has 35 heavy (non-hydrogen) atoms. The Kier molecular flexibility index (Phi) is 6.87. The molecule has 0 aliphatic rings. The van der Waals surface area contributed by atoms with Gasteiger partial charge in [0.15, 0.2) is 22.3 Å². The summed E-state index contributed by atoms with van der Waals surface area (Å²) in [4.78, 5) is 21.9. The third kappa shape index (κ3) is 5.25. The van der Waals surface area contributed by atoms with E-state index >= 15 is 0 Å². The van der Waals surface area contributed by atoms with Gasteiger partial charge in [-0.1, -0.05) is 35.0 Å². The predicted molar refractivity (Wildman–Crippen MR) is 137 cm³/mol. The maximum Gasteiger partial charge on any atom is 0.239 e. The van der Waals surface area contributed by atoms with Crippen LogP contribution in [0.15, 0.2) is 74.4 Å². The first-order valence-electron chi connectivity index (χ1n) is 10.2. The third-order valence-electron chi connectivity index (χ3n) is 4.77. The molecule has 1 unspecified atom stereocenters. The van der Waals surface area contributed by atoms with Crippen molar-refractivity contribution >= 4 is 57.3 Å². The Bertz CT molecular complexity index is 1470. The van der Waals surface area contributed by atoms with Gasteiger partial charge in [0, 0.05) is 16.0 Å². The van der Waals surface area contributed by atoms with Crippen molar-refractivity contribution in [3.05, 3.63) is 70.4 Å². The molecule has 1 atom stereocenters. The van der Waals surface area contributed by atoms with Crippen molar-refractivity contribution in [3.63, 3.8) is 0 Å². The number of hydrogen-bond donors (Lipinski definition) is 1. The number of benzene rings is 1. The van der Waals surface area contributed by atoms with Crippen molar-refractivity contribution in [2.45, 2.75) is 17.3 Å². The van der Waals surface area contributed by atoms with Gasteiger partial charge in [0.05, 0.1) is 28.5 Å². The molecule has 1 N–H and O–H groups in total. The van der Waals surface area contributed by atoms with Crippen molar-refractivity contribution < 1.29 is 13.6 Å². The van der Waals surface area contributed by atoms with Crippen molar-refractivity contribution in [3.8, 4) is 34.2 Å². The van der Waals surface area contributed by atoms with Gasteiger partial charge in [0.1, 0.15) is 5.69 Å². The first-order valence-corrected chi connectivity index (χ1v) is 12.7. The van der Waals surface area contributed by atoms with Gasteiger partial charge in [0.25, 0.3) is 0 Å². The van der Waals surface area contributed by atoms with Gasteiger partial charge in [-0.15, -0.1) is 21.5 Å². The summed E-state index contributed by atoms with van der Waals surface area (Å²) in [6.07, 6.45) is 3.09. The number of thioether (sulfide) groups is 1. The minimum absolute atomic E-state index is 0.253. The van der Waals surface area contributed by atoms with E-state index in [2.05, 4.69) is 25.5 Å². The van der Waals surface area contributed by atoms with Crippen LogP contribution in [-0.4, -0.2) is 31.3 Å². The monoisotopic (exact) mass is 543 g/mol. The maximum absolute atomic E-state index is 12.8. The van der Waals surface area contributed by atoms with E-state index in [-0.39, 0.29) is 5.91 Å². The zero-order valence-corrected chi connectivity index (χ0v) is 21.1. The molecule has 8 nitrogen and oxygen atoms in total. The van der Waals surface area contributed by atoms with Gasteiger partial charge >= 0.3 is 0 Å². The van der Waals surface area contributed by atoms with Crippen LogP contribution in [0.3, 0.4) is 0 Å². The Labute approximate surface area is 217 Å². The average Bonchev–Trinajstić information content (AvgIpc) is 3.62. The first-order chi connectivity index (χ1) is 17.0. The number of hydrogen-bond acceptors (Lipinski definition) is 9. The minimum Gasteiger partial charge on any atom is -0.463 e. The third-order valence-corrected chi connectivity index (χ3v) is 7.03. The maximum atomic E-state index is 12.8. The van der Waals surface area contributed by atoms with E-state index in [1.807, 2.05) is 5.38 Å². The van der Waals surface area contributed by atoms with E-state index in [4.69, 9.17) is 32.0 Å². The molecule has 0 bridgehead atoms. The molecule has 176 valence electrons. The fraction of sp³-hybridized carbons (Fsp3) is 0.0870. The number of furan rings is 2. The quantitative estimate of drug-likeness (QED) is 0.220. The second-order valence-corrected chi connectivity index (χ2v) is 10.2. The highest BCUT2D eigenvalue weighted by Gasteiger charge is 2.22. The number of thiazole rings is 1. The molecule has 12 heteroatoms. The van der Waals surface area contributed by atoms with Crippen LogP contribution in [0.4, 0.5) is 5.13 Å². The molecule has 1 amide bonds. The number of carbonyl (C=O) groups is 1. The molecular formula is C23H15Cl2N5O3S2. The lowest BCUT2D eigenvalue weighted by molar-refractivity contribution is -0.115. The number of amides is 1. The molecule has 4 heterocycles. The van der Waals surface area contributed by atoms with Crippen LogP contribution in [0, 0.1) is 0 Å².